The Morgan fingerprint density at radius 2 is 1.89 bits per heavy atom. The maximum atomic E-state index is 12.1. The summed E-state index contributed by atoms with van der Waals surface area (Å²) < 4.78 is 51.0. The molecule has 3 rings (SSSR count). The van der Waals surface area contributed by atoms with Gasteiger partial charge in [0.15, 0.2) is 12.4 Å². The van der Waals surface area contributed by atoms with Gasteiger partial charge in [-0.15, -0.1) is 0 Å². The van der Waals surface area contributed by atoms with Crippen LogP contribution in [0.3, 0.4) is 0 Å². The van der Waals surface area contributed by atoms with Crippen LogP contribution < -0.4 is 4.74 Å². The number of carbonyl (C=O) groups is 1. The summed E-state index contributed by atoms with van der Waals surface area (Å²) in [5, 5.41) is 3.83. The molecule has 0 aliphatic heterocycles. The first-order chi connectivity index (χ1) is 12.9. The monoisotopic (exact) mass is 378 g/mol. The third-order valence-corrected chi connectivity index (χ3v) is 3.32. The fourth-order valence-electron chi connectivity index (χ4n) is 2.08. The highest BCUT2D eigenvalue weighted by molar-refractivity contribution is 5.89. The predicted octanol–water partition coefficient (Wildman–Crippen LogP) is 4.03. The van der Waals surface area contributed by atoms with E-state index in [0.29, 0.717) is 11.5 Å². The van der Waals surface area contributed by atoms with Crippen molar-refractivity contribution in [2.45, 2.75) is 12.8 Å². The summed E-state index contributed by atoms with van der Waals surface area (Å²) in [6.07, 6.45) is -3.39. The minimum absolute atomic E-state index is 0.0705. The minimum atomic E-state index is -4.46. The molecule has 2 heterocycles. The van der Waals surface area contributed by atoms with Gasteiger partial charge in [-0.3, -0.25) is 0 Å². The lowest BCUT2D eigenvalue weighted by molar-refractivity contribution is -0.154. The van der Waals surface area contributed by atoms with Gasteiger partial charge in [0.25, 0.3) is 0 Å². The summed E-state index contributed by atoms with van der Waals surface area (Å²) in [5.41, 5.74) is 1.32. The van der Waals surface area contributed by atoms with E-state index in [1.807, 2.05) is 30.3 Å². The third-order valence-electron chi connectivity index (χ3n) is 3.32. The van der Waals surface area contributed by atoms with Crippen molar-refractivity contribution in [1.29, 1.82) is 0 Å². The molecule has 0 bridgehead atoms. The average molecular weight is 378 g/mol. The average Bonchev–Trinajstić information content (AvgIpc) is 3.14. The van der Waals surface area contributed by atoms with E-state index >= 15 is 0 Å². The lowest BCUT2D eigenvalue weighted by Crippen LogP contribution is -2.19. The molecule has 0 N–H and O–H groups in total. The molecule has 0 aliphatic carbocycles. The smallest absolute Gasteiger partial charge is 0.422 e. The molecule has 0 unspecified atom stereocenters. The molecule has 0 radical (unpaired) electrons. The Kier molecular flexibility index (Phi) is 5.39. The van der Waals surface area contributed by atoms with Crippen molar-refractivity contribution in [3.63, 3.8) is 0 Å². The molecular formula is C18H13F3N2O4. The van der Waals surface area contributed by atoms with Crippen molar-refractivity contribution in [2.75, 3.05) is 6.61 Å². The SMILES string of the molecule is O=C(OCc1cc(-c2ccccc2)on1)c1ccc(OCC(F)(F)F)nc1. The van der Waals surface area contributed by atoms with Gasteiger partial charge < -0.3 is 14.0 Å². The van der Waals surface area contributed by atoms with E-state index in [1.54, 1.807) is 6.07 Å². The maximum absolute atomic E-state index is 12.1. The molecule has 0 spiro atoms. The molecule has 6 nitrogen and oxygen atoms in total. The van der Waals surface area contributed by atoms with E-state index < -0.39 is 18.8 Å². The Morgan fingerprint density at radius 3 is 2.56 bits per heavy atom. The second kappa shape index (κ2) is 7.90. The van der Waals surface area contributed by atoms with Crippen LogP contribution in [-0.2, 0) is 11.3 Å². The van der Waals surface area contributed by atoms with E-state index in [2.05, 4.69) is 14.9 Å². The van der Waals surface area contributed by atoms with E-state index in [-0.39, 0.29) is 18.1 Å². The fourth-order valence-corrected chi connectivity index (χ4v) is 2.08. The molecule has 0 aliphatic rings. The molecular weight excluding hydrogens is 365 g/mol. The van der Waals surface area contributed by atoms with Gasteiger partial charge in [0.05, 0.1) is 5.56 Å². The van der Waals surface area contributed by atoms with Gasteiger partial charge in [-0.25, -0.2) is 9.78 Å². The van der Waals surface area contributed by atoms with Crippen LogP contribution in [0.2, 0.25) is 0 Å². The highest BCUT2D eigenvalue weighted by Crippen LogP contribution is 2.20. The molecule has 0 fully saturated rings. The molecule has 0 saturated carbocycles. The Balaban J connectivity index is 1.54. The zero-order valence-corrected chi connectivity index (χ0v) is 13.8. The molecule has 0 saturated heterocycles. The standard InChI is InChI=1S/C18H13F3N2O4/c19-18(20,21)11-26-16-7-6-13(9-22-16)17(24)25-10-14-8-15(27-23-14)12-4-2-1-3-5-12/h1-9H,10-11H2. The first-order valence-electron chi connectivity index (χ1n) is 7.74. The van der Waals surface area contributed by atoms with Crippen molar-refractivity contribution in [2.24, 2.45) is 0 Å². The molecule has 3 aromatic rings. The van der Waals surface area contributed by atoms with Crippen LogP contribution in [0.1, 0.15) is 16.1 Å². The van der Waals surface area contributed by atoms with Gasteiger partial charge in [0.1, 0.15) is 12.3 Å². The van der Waals surface area contributed by atoms with Crippen LogP contribution in [0.5, 0.6) is 5.88 Å². The van der Waals surface area contributed by atoms with Gasteiger partial charge in [-0.1, -0.05) is 35.5 Å². The molecule has 2 aromatic heterocycles. The van der Waals surface area contributed by atoms with Gasteiger partial charge >= 0.3 is 12.1 Å². The first-order valence-corrected chi connectivity index (χ1v) is 7.74. The maximum Gasteiger partial charge on any atom is 0.422 e. The molecule has 0 atom stereocenters. The molecule has 0 amide bonds. The minimum Gasteiger partial charge on any atom is -0.468 e. The predicted molar refractivity (Wildman–Crippen MR) is 86.8 cm³/mol. The Labute approximate surface area is 151 Å². The van der Waals surface area contributed by atoms with Crippen LogP contribution in [0, 0.1) is 0 Å². The van der Waals surface area contributed by atoms with Crippen LogP contribution >= 0.6 is 0 Å². The van der Waals surface area contributed by atoms with E-state index in [0.717, 1.165) is 17.8 Å². The number of hydrogen-bond acceptors (Lipinski definition) is 6. The second-order valence-electron chi connectivity index (χ2n) is 5.41. The van der Waals surface area contributed by atoms with Crippen LogP contribution in [0.15, 0.2) is 59.3 Å². The zero-order chi connectivity index (χ0) is 19.3. The van der Waals surface area contributed by atoms with Gasteiger partial charge in [-0.2, -0.15) is 13.2 Å². The number of hydrogen-bond donors (Lipinski definition) is 0. The summed E-state index contributed by atoms with van der Waals surface area (Å²) in [4.78, 5) is 15.6. The highest BCUT2D eigenvalue weighted by Gasteiger charge is 2.28. The largest absolute Gasteiger partial charge is 0.468 e. The van der Waals surface area contributed by atoms with Crippen molar-refractivity contribution in [3.05, 3.63) is 66.0 Å². The number of pyridine rings is 1. The normalized spacial score (nSPS) is 11.2. The van der Waals surface area contributed by atoms with E-state index in [9.17, 15) is 18.0 Å². The van der Waals surface area contributed by atoms with Crippen molar-refractivity contribution in [3.8, 4) is 17.2 Å². The first kappa shape index (κ1) is 18.4. The number of rotatable bonds is 6. The number of benzene rings is 1. The molecule has 140 valence electrons. The fraction of sp³-hybridized carbons (Fsp3) is 0.167. The van der Waals surface area contributed by atoms with Crippen LogP contribution in [0.4, 0.5) is 13.2 Å². The number of aromatic nitrogens is 2. The summed E-state index contributed by atoms with van der Waals surface area (Å²) in [7, 11) is 0. The Morgan fingerprint density at radius 1 is 1.11 bits per heavy atom. The van der Waals surface area contributed by atoms with Gasteiger partial charge in [-0.05, 0) is 6.07 Å². The lowest BCUT2D eigenvalue weighted by Gasteiger charge is -2.08. The third kappa shape index (κ3) is 5.30. The Hall–Kier alpha value is -3.36. The summed E-state index contributed by atoms with van der Waals surface area (Å²) >= 11 is 0. The van der Waals surface area contributed by atoms with Crippen LogP contribution in [-0.4, -0.2) is 28.9 Å². The van der Waals surface area contributed by atoms with Crippen molar-refractivity contribution >= 4 is 5.97 Å². The Bertz CT molecular complexity index is 893. The zero-order valence-electron chi connectivity index (χ0n) is 13.8. The number of carbonyl (C=O) groups excluding carboxylic acids is 1. The summed E-state index contributed by atoms with van der Waals surface area (Å²) in [6.45, 7) is -1.58. The summed E-state index contributed by atoms with van der Waals surface area (Å²) in [5.74, 6) is -0.406. The van der Waals surface area contributed by atoms with Crippen molar-refractivity contribution < 1.29 is 32.0 Å². The number of nitrogens with zero attached hydrogens (tertiary/aromatic N) is 2. The van der Waals surface area contributed by atoms with Gasteiger partial charge in [0.2, 0.25) is 5.88 Å². The second-order valence-corrected chi connectivity index (χ2v) is 5.41. The summed E-state index contributed by atoms with van der Waals surface area (Å²) in [6, 6.07) is 13.4. The lowest BCUT2D eigenvalue weighted by atomic mass is 10.2. The van der Waals surface area contributed by atoms with Crippen molar-refractivity contribution in [1.82, 2.24) is 10.1 Å². The number of alkyl halides is 3. The molecule has 9 heteroatoms. The quantitative estimate of drug-likeness (QED) is 0.603. The van der Waals surface area contributed by atoms with Crippen LogP contribution in [0.25, 0.3) is 11.3 Å². The molecule has 27 heavy (non-hydrogen) atoms. The van der Waals surface area contributed by atoms with E-state index in [1.165, 1.54) is 6.07 Å². The number of esters is 1. The molecule has 1 aromatic carbocycles. The number of ether oxygens (including phenoxy) is 2. The number of halogens is 3. The topological polar surface area (TPSA) is 74.5 Å². The van der Waals surface area contributed by atoms with Gasteiger partial charge in [0, 0.05) is 23.9 Å². The van der Waals surface area contributed by atoms with E-state index in [4.69, 9.17) is 9.26 Å². The highest BCUT2D eigenvalue weighted by atomic mass is 19.4.